The molecule has 0 aromatic heterocycles. The number of nitrogens with two attached hydrogens (primary N) is 1. The molecular formula is C29H38N2O8. The lowest BCUT2D eigenvalue weighted by atomic mass is 9.47. The quantitative estimate of drug-likeness (QED) is 0.243. The lowest BCUT2D eigenvalue weighted by Gasteiger charge is -2.59. The summed E-state index contributed by atoms with van der Waals surface area (Å²) in [5, 5.41) is 25.3. The minimum Gasteiger partial charge on any atom is -0.504 e. The first-order valence-electron chi connectivity index (χ1n) is 14.0. The summed E-state index contributed by atoms with van der Waals surface area (Å²) in [6.45, 7) is 2.14. The summed E-state index contributed by atoms with van der Waals surface area (Å²) >= 11 is 0. The minimum atomic E-state index is -1.18. The van der Waals surface area contributed by atoms with Gasteiger partial charge in [0.2, 0.25) is 5.91 Å². The van der Waals surface area contributed by atoms with Crippen molar-refractivity contribution in [2.24, 2.45) is 11.7 Å². The number of phenols is 1. The molecule has 10 heteroatoms. The first kappa shape index (κ1) is 27.5. The second kappa shape index (κ2) is 10.8. The highest BCUT2D eigenvalue weighted by molar-refractivity contribution is 5.81. The minimum absolute atomic E-state index is 0.000441. The van der Waals surface area contributed by atoms with E-state index in [0.717, 1.165) is 43.2 Å². The molecule has 5 atom stereocenters. The molecule has 1 spiro atoms. The Morgan fingerprint density at radius 2 is 2.05 bits per heavy atom. The van der Waals surface area contributed by atoms with Crippen molar-refractivity contribution in [3.63, 3.8) is 0 Å². The number of nitrogens with one attached hydrogen (secondary N) is 1. The van der Waals surface area contributed by atoms with Crippen LogP contribution in [0.1, 0.15) is 75.8 Å². The Kier molecular flexibility index (Phi) is 7.61. The Hall–Kier alpha value is -3.11. The van der Waals surface area contributed by atoms with Gasteiger partial charge in [-0.25, -0.2) is 4.79 Å². The van der Waals surface area contributed by atoms with Gasteiger partial charge < -0.3 is 35.5 Å². The van der Waals surface area contributed by atoms with Gasteiger partial charge in [-0.05, 0) is 75.6 Å². The Balaban J connectivity index is 1.20. The molecule has 0 unspecified atom stereocenters. The van der Waals surface area contributed by atoms with E-state index in [1.807, 2.05) is 6.07 Å². The van der Waals surface area contributed by atoms with E-state index in [-0.39, 0.29) is 36.3 Å². The van der Waals surface area contributed by atoms with Crippen LogP contribution in [0.15, 0.2) is 24.0 Å². The van der Waals surface area contributed by atoms with Gasteiger partial charge in [-0.2, -0.15) is 0 Å². The number of aromatic hydroxyl groups is 1. The van der Waals surface area contributed by atoms with Crippen molar-refractivity contribution in [1.29, 1.82) is 0 Å². The fourth-order valence-corrected chi connectivity index (χ4v) is 7.03. The molecule has 1 aromatic carbocycles. The number of aliphatic hydroxyl groups is 1. The SMILES string of the molecule is C[C@H](OC(=O)CCNC(=O)CCCCCN)C(=O)OC1=CC[C@@]2(O)[C@@H]3CCC[C@@]24c2c(ccc(O)c2O[C@@H]14)C3. The van der Waals surface area contributed by atoms with E-state index in [2.05, 4.69) is 5.32 Å². The summed E-state index contributed by atoms with van der Waals surface area (Å²) in [7, 11) is 0. The van der Waals surface area contributed by atoms with Crippen LogP contribution in [0.2, 0.25) is 0 Å². The van der Waals surface area contributed by atoms with Crippen molar-refractivity contribution in [3.8, 4) is 11.5 Å². The fraction of sp³-hybridized carbons (Fsp3) is 0.621. The molecule has 0 saturated heterocycles. The Morgan fingerprint density at radius 3 is 2.85 bits per heavy atom. The molecule has 1 aliphatic heterocycles. The Labute approximate surface area is 227 Å². The Bertz CT molecular complexity index is 1180. The van der Waals surface area contributed by atoms with E-state index in [0.29, 0.717) is 38.0 Å². The van der Waals surface area contributed by atoms with Gasteiger partial charge in [0.25, 0.3) is 0 Å². The van der Waals surface area contributed by atoms with Gasteiger partial charge in [0.05, 0.1) is 17.4 Å². The van der Waals surface area contributed by atoms with Crippen molar-refractivity contribution in [2.75, 3.05) is 13.1 Å². The molecule has 0 radical (unpaired) electrons. The third kappa shape index (κ3) is 4.67. The summed E-state index contributed by atoms with van der Waals surface area (Å²) in [6.07, 6.45) is 5.98. The molecule has 2 bridgehead atoms. The van der Waals surface area contributed by atoms with Crippen LogP contribution in [0.3, 0.4) is 0 Å². The summed E-state index contributed by atoms with van der Waals surface area (Å²) in [6, 6.07) is 3.51. The maximum atomic E-state index is 13.0. The fourth-order valence-electron chi connectivity index (χ4n) is 7.03. The zero-order valence-corrected chi connectivity index (χ0v) is 22.4. The number of esters is 2. The number of carbonyl (C=O) groups excluding carboxylic acids is 3. The average molecular weight is 543 g/mol. The van der Waals surface area contributed by atoms with Crippen molar-refractivity contribution >= 4 is 17.8 Å². The number of benzene rings is 1. The predicted octanol–water partition coefficient (Wildman–Crippen LogP) is 2.27. The van der Waals surface area contributed by atoms with Crippen molar-refractivity contribution < 1.29 is 38.8 Å². The Morgan fingerprint density at radius 1 is 1.23 bits per heavy atom. The van der Waals surface area contributed by atoms with Gasteiger partial charge in [0, 0.05) is 18.5 Å². The zero-order valence-electron chi connectivity index (χ0n) is 22.4. The number of hydrogen-bond donors (Lipinski definition) is 4. The molecule has 5 rings (SSSR count). The number of rotatable bonds is 11. The number of amides is 1. The number of hydrogen-bond acceptors (Lipinski definition) is 9. The lowest BCUT2D eigenvalue weighted by molar-refractivity contribution is -0.171. The maximum Gasteiger partial charge on any atom is 0.352 e. The van der Waals surface area contributed by atoms with Crippen LogP contribution in [0.4, 0.5) is 0 Å². The van der Waals surface area contributed by atoms with E-state index in [1.165, 1.54) is 6.92 Å². The standard InChI is InChI=1S/C29H38N2O8/c1-17(37-23(34)11-15-31-22(33)7-3-2-4-14-30)27(35)38-21-10-13-29(36)19-6-5-12-28(29)24-18(16-19)8-9-20(32)25(24)39-26(21)28/h8-10,17,19,26,32,36H,2-7,11-16,30H2,1H3,(H,31,33)/t17-,19+,26-,28-,29+/m0/s1. The highest BCUT2D eigenvalue weighted by Gasteiger charge is 2.70. The monoisotopic (exact) mass is 542 g/mol. The smallest absolute Gasteiger partial charge is 0.352 e. The first-order chi connectivity index (χ1) is 18.7. The zero-order chi connectivity index (χ0) is 27.8. The van der Waals surface area contributed by atoms with Gasteiger partial charge in [-0.15, -0.1) is 0 Å². The molecule has 1 heterocycles. The highest BCUT2D eigenvalue weighted by atomic mass is 16.6. The lowest BCUT2D eigenvalue weighted by Crippen LogP contribution is -2.67. The van der Waals surface area contributed by atoms with Crippen LogP contribution in [0, 0.1) is 5.92 Å². The second-order valence-corrected chi connectivity index (χ2v) is 11.2. The van der Waals surface area contributed by atoms with Crippen molar-refractivity contribution in [2.45, 2.75) is 94.4 Å². The molecule has 1 amide bonds. The maximum absolute atomic E-state index is 13.0. The van der Waals surface area contributed by atoms with E-state index >= 15 is 0 Å². The summed E-state index contributed by atoms with van der Waals surface area (Å²) in [5.74, 6) is -0.878. The normalized spacial score (nSPS) is 28.4. The topological polar surface area (TPSA) is 157 Å². The van der Waals surface area contributed by atoms with Crippen LogP contribution in [-0.2, 0) is 35.7 Å². The number of carbonyl (C=O) groups is 3. The summed E-state index contributed by atoms with van der Waals surface area (Å²) in [4.78, 5) is 37.1. The summed E-state index contributed by atoms with van der Waals surface area (Å²) in [5.41, 5.74) is 5.44. The molecule has 1 fully saturated rings. The third-order valence-corrected chi connectivity index (χ3v) is 8.88. The van der Waals surface area contributed by atoms with Crippen molar-refractivity contribution in [3.05, 3.63) is 35.1 Å². The third-order valence-electron chi connectivity index (χ3n) is 8.88. The van der Waals surface area contributed by atoms with E-state index in [4.69, 9.17) is 19.9 Å². The number of phenolic OH excluding ortho intramolecular Hbond substituents is 1. The van der Waals surface area contributed by atoms with Crippen LogP contribution in [-0.4, -0.2) is 59.0 Å². The van der Waals surface area contributed by atoms with E-state index < -0.39 is 35.2 Å². The van der Waals surface area contributed by atoms with Gasteiger partial charge in [0.1, 0.15) is 5.76 Å². The molecule has 10 nitrogen and oxygen atoms in total. The van der Waals surface area contributed by atoms with Crippen LogP contribution in [0.5, 0.6) is 11.5 Å². The number of ether oxygens (including phenoxy) is 3. The van der Waals surface area contributed by atoms with E-state index in [9.17, 15) is 24.6 Å². The van der Waals surface area contributed by atoms with Gasteiger partial charge in [-0.1, -0.05) is 18.9 Å². The van der Waals surface area contributed by atoms with Crippen LogP contribution < -0.4 is 15.8 Å². The molecule has 4 aliphatic rings. The molecule has 39 heavy (non-hydrogen) atoms. The number of unbranched alkanes of at least 4 members (excludes halogenated alkanes) is 2. The van der Waals surface area contributed by atoms with E-state index in [1.54, 1.807) is 12.1 Å². The van der Waals surface area contributed by atoms with Crippen LogP contribution >= 0.6 is 0 Å². The van der Waals surface area contributed by atoms with Crippen molar-refractivity contribution in [1.82, 2.24) is 5.32 Å². The van der Waals surface area contributed by atoms with Gasteiger partial charge in [0.15, 0.2) is 23.7 Å². The second-order valence-electron chi connectivity index (χ2n) is 11.2. The molecule has 1 aromatic rings. The van der Waals surface area contributed by atoms with Gasteiger partial charge in [-0.3, -0.25) is 9.59 Å². The average Bonchev–Trinajstić information content (AvgIpc) is 3.25. The first-order valence-corrected chi connectivity index (χ1v) is 14.0. The molecule has 212 valence electrons. The molecule has 5 N–H and O–H groups in total. The predicted molar refractivity (Wildman–Crippen MR) is 140 cm³/mol. The largest absolute Gasteiger partial charge is 0.504 e. The molecule has 1 saturated carbocycles. The molecule has 3 aliphatic carbocycles. The molecular weight excluding hydrogens is 504 g/mol. The van der Waals surface area contributed by atoms with Gasteiger partial charge >= 0.3 is 11.9 Å². The highest BCUT2D eigenvalue weighted by Crippen LogP contribution is 2.67. The summed E-state index contributed by atoms with van der Waals surface area (Å²) < 4.78 is 17.2. The van der Waals surface area contributed by atoms with Crippen LogP contribution in [0.25, 0.3) is 0 Å².